The van der Waals surface area contributed by atoms with E-state index in [0.29, 0.717) is 17.8 Å². The van der Waals surface area contributed by atoms with Crippen LogP contribution in [-0.4, -0.2) is 32.1 Å². The van der Waals surface area contributed by atoms with Gasteiger partial charge in [-0.15, -0.1) is 0 Å². The zero-order chi connectivity index (χ0) is 17.8. The maximum absolute atomic E-state index is 12.4. The highest BCUT2D eigenvalue weighted by molar-refractivity contribution is 5.95. The van der Waals surface area contributed by atoms with Crippen molar-refractivity contribution >= 4 is 23.3 Å². The van der Waals surface area contributed by atoms with Crippen LogP contribution in [0.15, 0.2) is 42.5 Å². The van der Waals surface area contributed by atoms with Crippen molar-refractivity contribution < 1.29 is 14.3 Å². The van der Waals surface area contributed by atoms with Gasteiger partial charge in [-0.2, -0.15) is 0 Å². The van der Waals surface area contributed by atoms with Crippen LogP contribution < -0.4 is 10.2 Å². The predicted molar refractivity (Wildman–Crippen MR) is 98.1 cm³/mol. The molecule has 130 valence electrons. The van der Waals surface area contributed by atoms with Crippen molar-refractivity contribution in [1.82, 2.24) is 0 Å². The maximum Gasteiger partial charge on any atom is 0.337 e. The molecule has 5 nitrogen and oxygen atoms in total. The normalized spacial score (nSPS) is 13.1. The Morgan fingerprint density at radius 3 is 2.64 bits per heavy atom. The molecule has 2 aromatic carbocycles. The summed E-state index contributed by atoms with van der Waals surface area (Å²) in [5.41, 5.74) is 4.82. The van der Waals surface area contributed by atoms with Crippen LogP contribution in [0.2, 0.25) is 0 Å². The van der Waals surface area contributed by atoms with Crippen LogP contribution in [0.25, 0.3) is 0 Å². The van der Waals surface area contributed by atoms with Crippen LogP contribution in [-0.2, 0) is 16.0 Å². The number of nitrogens with one attached hydrogen (secondary N) is 1. The van der Waals surface area contributed by atoms with Crippen molar-refractivity contribution in [3.63, 3.8) is 0 Å². The van der Waals surface area contributed by atoms with E-state index in [4.69, 9.17) is 0 Å². The quantitative estimate of drug-likeness (QED) is 0.870. The number of hydrogen-bond donors (Lipinski definition) is 1. The summed E-state index contributed by atoms with van der Waals surface area (Å²) >= 11 is 0. The van der Waals surface area contributed by atoms with Crippen LogP contribution in [0.5, 0.6) is 0 Å². The molecule has 0 fully saturated rings. The number of nitrogens with zero attached hydrogens (tertiary/aromatic N) is 1. The Morgan fingerprint density at radius 2 is 1.92 bits per heavy atom. The third-order valence-corrected chi connectivity index (χ3v) is 4.37. The molecule has 0 bridgehead atoms. The molecule has 0 unspecified atom stereocenters. The van der Waals surface area contributed by atoms with Crippen LogP contribution in [0.3, 0.4) is 0 Å². The lowest BCUT2D eigenvalue weighted by Crippen LogP contribution is -2.36. The van der Waals surface area contributed by atoms with Gasteiger partial charge in [-0.25, -0.2) is 4.79 Å². The van der Waals surface area contributed by atoms with Gasteiger partial charge in [-0.1, -0.05) is 17.7 Å². The first kappa shape index (κ1) is 17.0. The van der Waals surface area contributed by atoms with Gasteiger partial charge in [0.05, 0.1) is 19.2 Å². The first-order valence-corrected chi connectivity index (χ1v) is 8.39. The number of amides is 1. The lowest BCUT2D eigenvalue weighted by molar-refractivity contribution is -0.115. The second-order valence-electron chi connectivity index (χ2n) is 6.27. The molecule has 2 aromatic rings. The highest BCUT2D eigenvalue weighted by atomic mass is 16.5. The molecule has 0 atom stereocenters. The van der Waals surface area contributed by atoms with Crippen molar-refractivity contribution in [1.29, 1.82) is 0 Å². The minimum atomic E-state index is -0.391. The van der Waals surface area contributed by atoms with Gasteiger partial charge in [0.2, 0.25) is 5.91 Å². The highest BCUT2D eigenvalue weighted by Crippen LogP contribution is 2.27. The standard InChI is InChI=1S/C20H22N2O3/c1-14-5-10-18-16(12-14)4-3-11-22(18)13-19(23)21-17-8-6-15(7-9-17)20(24)25-2/h5-10,12H,3-4,11,13H2,1-2H3,(H,21,23). The lowest BCUT2D eigenvalue weighted by atomic mass is 9.99. The van der Waals surface area contributed by atoms with E-state index in [-0.39, 0.29) is 5.91 Å². The van der Waals surface area contributed by atoms with E-state index < -0.39 is 5.97 Å². The van der Waals surface area contributed by atoms with Crippen molar-refractivity contribution in [2.45, 2.75) is 19.8 Å². The molecule has 0 saturated heterocycles. The minimum Gasteiger partial charge on any atom is -0.465 e. The highest BCUT2D eigenvalue weighted by Gasteiger charge is 2.19. The second-order valence-corrected chi connectivity index (χ2v) is 6.27. The summed E-state index contributed by atoms with van der Waals surface area (Å²) < 4.78 is 4.67. The predicted octanol–water partition coefficient (Wildman–Crippen LogP) is 3.17. The summed E-state index contributed by atoms with van der Waals surface area (Å²) in [6.07, 6.45) is 2.11. The fourth-order valence-electron chi connectivity index (χ4n) is 3.15. The Kier molecular flexibility index (Phi) is 5.03. The Hall–Kier alpha value is -2.82. The summed E-state index contributed by atoms with van der Waals surface area (Å²) in [4.78, 5) is 25.9. The molecule has 1 heterocycles. The zero-order valence-electron chi connectivity index (χ0n) is 14.5. The molecule has 1 N–H and O–H groups in total. The molecule has 0 saturated carbocycles. The number of fused-ring (bicyclic) bond motifs is 1. The minimum absolute atomic E-state index is 0.0701. The van der Waals surface area contributed by atoms with E-state index in [9.17, 15) is 9.59 Å². The maximum atomic E-state index is 12.4. The van der Waals surface area contributed by atoms with Crippen molar-refractivity contribution in [3.8, 4) is 0 Å². The fourth-order valence-corrected chi connectivity index (χ4v) is 3.15. The average molecular weight is 338 g/mol. The lowest BCUT2D eigenvalue weighted by Gasteiger charge is -2.31. The summed E-state index contributed by atoms with van der Waals surface area (Å²) in [7, 11) is 1.34. The summed E-state index contributed by atoms with van der Waals surface area (Å²) in [6.45, 7) is 3.28. The van der Waals surface area contributed by atoms with Crippen molar-refractivity contribution in [2.75, 3.05) is 30.4 Å². The van der Waals surface area contributed by atoms with Gasteiger partial charge in [-0.05, 0) is 55.7 Å². The molecule has 0 spiro atoms. The average Bonchev–Trinajstić information content (AvgIpc) is 2.61. The Morgan fingerprint density at radius 1 is 1.16 bits per heavy atom. The van der Waals surface area contributed by atoms with Crippen LogP contribution >= 0.6 is 0 Å². The number of esters is 1. The number of ether oxygens (including phenoxy) is 1. The molecule has 1 aliphatic rings. The molecule has 0 radical (unpaired) electrons. The Bertz CT molecular complexity index is 784. The molecule has 3 rings (SSSR count). The van der Waals surface area contributed by atoms with Gasteiger partial charge in [-0.3, -0.25) is 4.79 Å². The largest absolute Gasteiger partial charge is 0.465 e. The number of methoxy groups -OCH3 is 1. The number of carbonyl (C=O) groups excluding carboxylic acids is 2. The van der Waals surface area contributed by atoms with E-state index in [1.807, 2.05) is 0 Å². The SMILES string of the molecule is COC(=O)c1ccc(NC(=O)CN2CCCc3cc(C)ccc32)cc1. The number of benzene rings is 2. The summed E-state index contributed by atoms with van der Waals surface area (Å²) in [5.74, 6) is -0.461. The molecule has 0 aliphatic carbocycles. The third-order valence-electron chi connectivity index (χ3n) is 4.37. The van der Waals surface area contributed by atoms with Crippen LogP contribution in [0.1, 0.15) is 27.9 Å². The van der Waals surface area contributed by atoms with Crippen LogP contribution in [0.4, 0.5) is 11.4 Å². The topological polar surface area (TPSA) is 58.6 Å². The van der Waals surface area contributed by atoms with E-state index >= 15 is 0 Å². The molecule has 1 aliphatic heterocycles. The van der Waals surface area contributed by atoms with Gasteiger partial charge in [0.15, 0.2) is 0 Å². The number of hydrogen-bond acceptors (Lipinski definition) is 4. The van der Waals surface area contributed by atoms with E-state index in [1.165, 1.54) is 18.2 Å². The van der Waals surface area contributed by atoms with Gasteiger partial charge in [0, 0.05) is 17.9 Å². The smallest absolute Gasteiger partial charge is 0.337 e. The molecular weight excluding hydrogens is 316 g/mol. The van der Waals surface area contributed by atoms with Crippen molar-refractivity contribution in [3.05, 3.63) is 59.2 Å². The monoisotopic (exact) mass is 338 g/mol. The summed E-state index contributed by atoms with van der Waals surface area (Å²) in [5, 5.41) is 2.88. The Labute approximate surface area is 147 Å². The number of rotatable bonds is 4. The van der Waals surface area contributed by atoms with Crippen molar-refractivity contribution in [2.24, 2.45) is 0 Å². The molecule has 25 heavy (non-hydrogen) atoms. The molecular formula is C20H22N2O3. The van der Waals surface area contributed by atoms with E-state index in [0.717, 1.165) is 25.1 Å². The molecule has 5 heteroatoms. The Balaban J connectivity index is 1.65. The van der Waals surface area contributed by atoms with Gasteiger partial charge >= 0.3 is 5.97 Å². The van der Waals surface area contributed by atoms with Crippen LogP contribution in [0, 0.1) is 6.92 Å². The zero-order valence-corrected chi connectivity index (χ0v) is 14.5. The first-order chi connectivity index (χ1) is 12.1. The van der Waals surface area contributed by atoms with E-state index in [2.05, 4.69) is 40.1 Å². The molecule has 1 amide bonds. The first-order valence-electron chi connectivity index (χ1n) is 8.39. The van der Waals surface area contributed by atoms with Gasteiger partial charge < -0.3 is 15.0 Å². The van der Waals surface area contributed by atoms with Gasteiger partial charge in [0.25, 0.3) is 0 Å². The third kappa shape index (κ3) is 3.99. The van der Waals surface area contributed by atoms with E-state index in [1.54, 1.807) is 24.3 Å². The summed E-state index contributed by atoms with van der Waals surface area (Å²) in [6, 6.07) is 13.1. The van der Waals surface area contributed by atoms with Gasteiger partial charge in [0.1, 0.15) is 0 Å². The number of carbonyl (C=O) groups is 2. The number of aryl methyl sites for hydroxylation is 2. The molecule has 0 aromatic heterocycles. The second kappa shape index (κ2) is 7.38. The fraction of sp³-hybridized carbons (Fsp3) is 0.300. The number of anilines is 2.